The van der Waals surface area contributed by atoms with Gasteiger partial charge in [0.15, 0.2) is 0 Å². The average molecular weight is 469 g/mol. The average Bonchev–Trinajstić information content (AvgIpc) is 2.83. The Morgan fingerprint density at radius 3 is 2.18 bits per heavy atom. The highest BCUT2D eigenvalue weighted by Crippen LogP contribution is 2.32. The fourth-order valence-corrected chi connectivity index (χ4v) is 3.98. The van der Waals surface area contributed by atoms with Gasteiger partial charge >= 0.3 is 6.09 Å². The van der Waals surface area contributed by atoms with Crippen molar-refractivity contribution in [3.8, 4) is 11.5 Å². The number of piperazine rings is 1. The lowest BCUT2D eigenvalue weighted by atomic mass is 9.86. The summed E-state index contributed by atoms with van der Waals surface area (Å²) in [6, 6.07) is 13.5. The van der Waals surface area contributed by atoms with Gasteiger partial charge in [-0.3, -0.25) is 4.79 Å². The molecular weight excluding hydrogens is 432 g/mol. The van der Waals surface area contributed by atoms with Gasteiger partial charge in [0.2, 0.25) is 0 Å². The van der Waals surface area contributed by atoms with Gasteiger partial charge in [0, 0.05) is 37.3 Å². The van der Waals surface area contributed by atoms with Gasteiger partial charge in [-0.05, 0) is 49.1 Å². The molecule has 0 N–H and O–H groups in total. The number of benzene rings is 2. The van der Waals surface area contributed by atoms with Crippen molar-refractivity contribution in [3.05, 3.63) is 59.2 Å². The normalized spacial score (nSPS) is 14.0. The lowest BCUT2D eigenvalue weighted by Crippen LogP contribution is -2.50. The monoisotopic (exact) mass is 468 g/mol. The number of para-hydroxylation sites is 1. The van der Waals surface area contributed by atoms with Crippen LogP contribution in [0.5, 0.6) is 11.5 Å². The molecule has 0 aromatic heterocycles. The number of nitrogens with zero attached hydrogens (tertiary/aromatic N) is 2. The zero-order valence-electron chi connectivity index (χ0n) is 20.9. The second-order valence-electron chi connectivity index (χ2n) is 9.27. The Kier molecular flexibility index (Phi) is 8.42. The van der Waals surface area contributed by atoms with E-state index in [9.17, 15) is 9.59 Å². The van der Waals surface area contributed by atoms with Gasteiger partial charge in [-0.25, -0.2) is 4.79 Å². The summed E-state index contributed by atoms with van der Waals surface area (Å²) in [5.74, 6) is 1.46. The zero-order valence-corrected chi connectivity index (χ0v) is 20.9. The van der Waals surface area contributed by atoms with E-state index in [1.165, 1.54) is 0 Å². The van der Waals surface area contributed by atoms with E-state index in [-0.39, 0.29) is 17.4 Å². The highest BCUT2D eigenvalue weighted by atomic mass is 16.6. The molecule has 2 aromatic carbocycles. The highest BCUT2D eigenvalue weighted by molar-refractivity contribution is 5.94. The van der Waals surface area contributed by atoms with Crippen LogP contribution in [0.2, 0.25) is 0 Å². The minimum absolute atomic E-state index is 0.0527. The first-order valence-corrected chi connectivity index (χ1v) is 11.9. The number of carbonyl (C=O) groups is 2. The molecule has 0 bridgehead atoms. The molecule has 1 fully saturated rings. The maximum atomic E-state index is 13.2. The van der Waals surface area contributed by atoms with Gasteiger partial charge < -0.3 is 24.0 Å². The van der Waals surface area contributed by atoms with E-state index in [4.69, 9.17) is 14.2 Å². The third-order valence-corrected chi connectivity index (χ3v) is 5.78. The van der Waals surface area contributed by atoms with Crippen LogP contribution in [0.4, 0.5) is 4.79 Å². The molecule has 0 saturated carbocycles. The van der Waals surface area contributed by atoms with Crippen LogP contribution in [0.1, 0.15) is 56.1 Å². The molecule has 1 heterocycles. The quantitative estimate of drug-likeness (QED) is 0.580. The highest BCUT2D eigenvalue weighted by Gasteiger charge is 2.26. The molecule has 0 spiro atoms. The van der Waals surface area contributed by atoms with E-state index in [2.05, 4.69) is 26.8 Å². The van der Waals surface area contributed by atoms with Crippen LogP contribution in [0.3, 0.4) is 0 Å². The van der Waals surface area contributed by atoms with Gasteiger partial charge in [0.1, 0.15) is 18.1 Å². The molecule has 34 heavy (non-hydrogen) atoms. The largest absolute Gasteiger partial charge is 0.493 e. The van der Waals surface area contributed by atoms with E-state index in [1.54, 1.807) is 22.8 Å². The van der Waals surface area contributed by atoms with E-state index in [1.807, 2.05) is 37.3 Å². The first-order valence-electron chi connectivity index (χ1n) is 11.9. The van der Waals surface area contributed by atoms with Gasteiger partial charge in [0.25, 0.3) is 5.91 Å². The number of carbonyl (C=O) groups excluding carboxylic acids is 2. The third-order valence-electron chi connectivity index (χ3n) is 5.78. The van der Waals surface area contributed by atoms with Crippen molar-refractivity contribution in [3.63, 3.8) is 0 Å². The minimum Gasteiger partial charge on any atom is -0.493 e. The van der Waals surface area contributed by atoms with Crippen LogP contribution >= 0.6 is 0 Å². The molecule has 0 atom stereocenters. The minimum atomic E-state index is -0.328. The van der Waals surface area contributed by atoms with E-state index in [0.29, 0.717) is 57.3 Å². The standard InChI is InChI=1S/C27H36N2O5/c1-6-32-23-13-12-20(25(30)28-14-16-29(17-15-28)26(31)33-7-2)18-21(23)19-34-24-11-9-8-10-22(24)27(3,4)5/h8-13,18H,6-7,14-17,19H2,1-5H3. The molecule has 7 heteroatoms. The van der Waals surface area contributed by atoms with Crippen molar-refractivity contribution in [2.75, 3.05) is 39.4 Å². The number of hydrogen-bond donors (Lipinski definition) is 0. The maximum absolute atomic E-state index is 13.2. The van der Waals surface area contributed by atoms with Gasteiger partial charge in [-0.2, -0.15) is 0 Å². The Balaban J connectivity index is 1.74. The number of amides is 2. The third kappa shape index (κ3) is 6.22. The van der Waals surface area contributed by atoms with E-state index >= 15 is 0 Å². The Bertz CT molecular complexity index is 991. The van der Waals surface area contributed by atoms with Crippen LogP contribution < -0.4 is 9.47 Å². The summed E-state index contributed by atoms with van der Waals surface area (Å²) in [6.45, 7) is 13.2. The molecule has 1 saturated heterocycles. The van der Waals surface area contributed by atoms with Crippen molar-refractivity contribution >= 4 is 12.0 Å². The van der Waals surface area contributed by atoms with Gasteiger partial charge in [0.05, 0.1) is 13.2 Å². The van der Waals surface area contributed by atoms with Crippen molar-refractivity contribution in [2.24, 2.45) is 0 Å². The summed E-state index contributed by atoms with van der Waals surface area (Å²) in [5, 5.41) is 0. The first kappa shape index (κ1) is 25.4. The predicted octanol–water partition coefficient (Wildman–Crippen LogP) is 4.88. The van der Waals surface area contributed by atoms with Gasteiger partial charge in [-0.15, -0.1) is 0 Å². The second-order valence-corrected chi connectivity index (χ2v) is 9.27. The Hall–Kier alpha value is -3.22. The van der Waals surface area contributed by atoms with Crippen LogP contribution in [0.25, 0.3) is 0 Å². The van der Waals surface area contributed by atoms with Crippen LogP contribution in [0, 0.1) is 0 Å². The van der Waals surface area contributed by atoms with Crippen LogP contribution in [0.15, 0.2) is 42.5 Å². The molecule has 0 radical (unpaired) electrons. The lowest BCUT2D eigenvalue weighted by molar-refractivity contribution is 0.0570. The Morgan fingerprint density at radius 2 is 1.53 bits per heavy atom. The summed E-state index contributed by atoms with van der Waals surface area (Å²) in [4.78, 5) is 28.5. The van der Waals surface area contributed by atoms with E-state index in [0.717, 1.165) is 16.9 Å². The number of ether oxygens (including phenoxy) is 3. The predicted molar refractivity (Wildman–Crippen MR) is 132 cm³/mol. The molecular formula is C27H36N2O5. The number of hydrogen-bond acceptors (Lipinski definition) is 5. The Morgan fingerprint density at radius 1 is 0.853 bits per heavy atom. The molecule has 184 valence electrons. The van der Waals surface area contributed by atoms with Crippen LogP contribution in [-0.2, 0) is 16.8 Å². The summed E-state index contributed by atoms with van der Waals surface area (Å²) in [5.41, 5.74) is 2.47. The van der Waals surface area contributed by atoms with E-state index < -0.39 is 0 Å². The molecule has 2 aromatic rings. The lowest BCUT2D eigenvalue weighted by Gasteiger charge is -2.34. The summed E-state index contributed by atoms with van der Waals surface area (Å²) in [6.07, 6.45) is -0.328. The summed E-state index contributed by atoms with van der Waals surface area (Å²) in [7, 11) is 0. The molecule has 1 aliphatic heterocycles. The second kappa shape index (κ2) is 11.3. The van der Waals surface area contributed by atoms with Crippen molar-refractivity contribution in [2.45, 2.75) is 46.6 Å². The molecule has 2 amide bonds. The van der Waals surface area contributed by atoms with Crippen molar-refractivity contribution in [1.29, 1.82) is 0 Å². The summed E-state index contributed by atoms with van der Waals surface area (Å²) < 4.78 is 17.1. The Labute approximate surface area is 202 Å². The van der Waals surface area contributed by atoms with Crippen molar-refractivity contribution < 1.29 is 23.8 Å². The fourth-order valence-electron chi connectivity index (χ4n) is 3.98. The first-order chi connectivity index (χ1) is 16.2. The van der Waals surface area contributed by atoms with Crippen LogP contribution in [-0.4, -0.2) is 61.2 Å². The molecule has 1 aliphatic rings. The topological polar surface area (TPSA) is 68.3 Å². The zero-order chi connectivity index (χ0) is 24.7. The van der Waals surface area contributed by atoms with Crippen molar-refractivity contribution in [1.82, 2.24) is 9.80 Å². The molecule has 3 rings (SSSR count). The van der Waals surface area contributed by atoms with Gasteiger partial charge in [-0.1, -0.05) is 39.0 Å². The maximum Gasteiger partial charge on any atom is 0.409 e. The molecule has 0 aliphatic carbocycles. The SMILES string of the molecule is CCOC(=O)N1CCN(C(=O)c2ccc(OCC)c(COc3ccccc3C(C)(C)C)c2)CC1. The molecule has 7 nitrogen and oxygen atoms in total. The fraction of sp³-hybridized carbons (Fsp3) is 0.481. The molecule has 0 unspecified atom stereocenters. The smallest absolute Gasteiger partial charge is 0.409 e. The number of rotatable bonds is 7. The summed E-state index contributed by atoms with van der Waals surface area (Å²) >= 11 is 0.